The Morgan fingerprint density at radius 1 is 0.953 bits per heavy atom. The molecule has 2 saturated heterocycles. The Bertz CT molecular complexity index is 1020. The Morgan fingerprint density at radius 3 is 2.21 bits per heavy atom. The Balaban J connectivity index is 1.34. The van der Waals surface area contributed by atoms with Crippen molar-refractivity contribution >= 4 is 12.0 Å². The number of β-amino-alcohol motifs (C(OH)–C–C–N with tert-alkyl or cyclic N) is 1. The van der Waals surface area contributed by atoms with Crippen molar-refractivity contribution in [1.82, 2.24) is 14.7 Å². The van der Waals surface area contributed by atoms with Crippen LogP contribution < -0.4 is 4.74 Å². The van der Waals surface area contributed by atoms with Crippen LogP contribution in [0.2, 0.25) is 0 Å². The largest absolute Gasteiger partial charge is 0.493 e. The molecule has 2 amide bonds. The Labute approximate surface area is 252 Å². The van der Waals surface area contributed by atoms with Crippen LogP contribution in [0.15, 0.2) is 18.2 Å². The van der Waals surface area contributed by atoms with Gasteiger partial charge in [0.25, 0.3) is 0 Å². The SMILES string of the molecule is CC(C)OC(=O)N1CCC(CCCOc2ccc(CC(=O)N3CCN(C[C@H](O)[C@@H](O)[C@H](O)[C@H](O)CO)CC3)c(F)c2)CC1. The van der Waals surface area contributed by atoms with Gasteiger partial charge in [-0.1, -0.05) is 6.07 Å². The summed E-state index contributed by atoms with van der Waals surface area (Å²) in [5.41, 5.74) is 0.275. The minimum atomic E-state index is -1.69. The third kappa shape index (κ3) is 10.8. The number of rotatable bonds is 14. The number of likely N-dealkylation sites (tertiary alicyclic amines) is 1. The smallest absolute Gasteiger partial charge is 0.410 e. The summed E-state index contributed by atoms with van der Waals surface area (Å²) >= 11 is 0. The van der Waals surface area contributed by atoms with E-state index in [1.165, 1.54) is 6.07 Å². The van der Waals surface area contributed by atoms with Gasteiger partial charge in [0.05, 0.1) is 31.8 Å². The second-order valence-corrected chi connectivity index (χ2v) is 11.8. The van der Waals surface area contributed by atoms with Gasteiger partial charge < -0.3 is 44.8 Å². The zero-order chi connectivity index (χ0) is 31.5. The molecule has 0 spiro atoms. The molecule has 0 aromatic heterocycles. The fourth-order valence-electron chi connectivity index (χ4n) is 5.39. The van der Waals surface area contributed by atoms with Gasteiger partial charge in [0.2, 0.25) is 5.91 Å². The maximum absolute atomic E-state index is 14.8. The summed E-state index contributed by atoms with van der Waals surface area (Å²) in [6.07, 6.45) is -3.10. The number of carbonyl (C=O) groups is 2. The number of hydrogen-bond donors (Lipinski definition) is 5. The number of piperazine rings is 1. The van der Waals surface area contributed by atoms with Crippen LogP contribution in [0.5, 0.6) is 5.75 Å². The molecule has 1 aromatic rings. The molecule has 0 aliphatic carbocycles. The first-order valence-corrected chi connectivity index (χ1v) is 15.2. The highest BCUT2D eigenvalue weighted by Gasteiger charge is 2.32. The van der Waals surface area contributed by atoms with Gasteiger partial charge in [0, 0.05) is 51.9 Å². The Kier molecular flexibility index (Phi) is 13.9. The lowest BCUT2D eigenvalue weighted by molar-refractivity contribution is -0.134. The van der Waals surface area contributed by atoms with Crippen LogP contribution in [0, 0.1) is 11.7 Å². The van der Waals surface area contributed by atoms with E-state index >= 15 is 0 Å². The van der Waals surface area contributed by atoms with Gasteiger partial charge in [-0.15, -0.1) is 0 Å². The summed E-state index contributed by atoms with van der Waals surface area (Å²) in [5.74, 6) is 0.184. The summed E-state index contributed by atoms with van der Waals surface area (Å²) < 4.78 is 25.8. The lowest BCUT2D eigenvalue weighted by Crippen LogP contribution is -2.54. The normalized spacial score (nSPS) is 19.7. The van der Waals surface area contributed by atoms with E-state index in [0.29, 0.717) is 57.5 Å². The van der Waals surface area contributed by atoms with Crippen LogP contribution in [0.4, 0.5) is 9.18 Å². The predicted molar refractivity (Wildman–Crippen MR) is 155 cm³/mol. The molecular weight excluding hydrogens is 565 g/mol. The third-order valence-electron chi connectivity index (χ3n) is 8.10. The zero-order valence-corrected chi connectivity index (χ0v) is 25.2. The number of hydrogen-bond acceptors (Lipinski definition) is 10. The van der Waals surface area contributed by atoms with E-state index in [0.717, 1.165) is 25.7 Å². The summed E-state index contributed by atoms with van der Waals surface area (Å²) in [4.78, 5) is 30.0. The molecule has 13 heteroatoms. The van der Waals surface area contributed by atoms with Gasteiger partial charge in [-0.25, -0.2) is 9.18 Å². The van der Waals surface area contributed by atoms with Crippen molar-refractivity contribution in [1.29, 1.82) is 0 Å². The summed E-state index contributed by atoms with van der Waals surface area (Å²) in [6, 6.07) is 4.53. The molecule has 0 unspecified atom stereocenters. The van der Waals surface area contributed by atoms with Crippen LogP contribution in [-0.2, 0) is 16.0 Å². The van der Waals surface area contributed by atoms with Crippen LogP contribution in [0.25, 0.3) is 0 Å². The number of benzene rings is 1. The van der Waals surface area contributed by atoms with E-state index in [2.05, 4.69) is 0 Å². The molecule has 3 rings (SSSR count). The van der Waals surface area contributed by atoms with E-state index in [1.807, 2.05) is 18.7 Å². The summed E-state index contributed by atoms with van der Waals surface area (Å²) in [5, 5.41) is 48.3. The van der Waals surface area contributed by atoms with Crippen molar-refractivity contribution in [3.05, 3.63) is 29.6 Å². The van der Waals surface area contributed by atoms with Crippen molar-refractivity contribution in [2.75, 3.05) is 59.0 Å². The van der Waals surface area contributed by atoms with Crippen molar-refractivity contribution < 1.29 is 49.0 Å². The maximum atomic E-state index is 14.8. The van der Waals surface area contributed by atoms with E-state index in [9.17, 15) is 34.4 Å². The molecule has 0 bridgehead atoms. The van der Waals surface area contributed by atoms with Crippen molar-refractivity contribution in [3.63, 3.8) is 0 Å². The van der Waals surface area contributed by atoms with Gasteiger partial charge in [-0.2, -0.15) is 0 Å². The van der Waals surface area contributed by atoms with Crippen LogP contribution in [-0.4, -0.2) is 142 Å². The quantitative estimate of drug-likeness (QED) is 0.185. The van der Waals surface area contributed by atoms with Crippen molar-refractivity contribution in [2.45, 2.75) is 76.5 Å². The molecule has 5 N–H and O–H groups in total. The highest BCUT2D eigenvalue weighted by atomic mass is 19.1. The highest BCUT2D eigenvalue weighted by molar-refractivity contribution is 5.79. The van der Waals surface area contributed by atoms with Gasteiger partial charge in [0.1, 0.15) is 29.9 Å². The second-order valence-electron chi connectivity index (χ2n) is 11.8. The monoisotopic (exact) mass is 613 g/mol. The van der Waals surface area contributed by atoms with E-state index < -0.39 is 36.8 Å². The fourth-order valence-corrected chi connectivity index (χ4v) is 5.39. The Morgan fingerprint density at radius 2 is 1.60 bits per heavy atom. The van der Waals surface area contributed by atoms with Gasteiger partial charge in [-0.3, -0.25) is 9.69 Å². The van der Waals surface area contributed by atoms with Crippen LogP contribution >= 0.6 is 0 Å². The second kappa shape index (κ2) is 17.1. The third-order valence-corrected chi connectivity index (χ3v) is 8.10. The molecule has 1 aromatic carbocycles. The number of carbonyl (C=O) groups excluding carboxylic acids is 2. The number of aliphatic hydroxyl groups excluding tert-OH is 5. The van der Waals surface area contributed by atoms with E-state index in [-0.39, 0.29) is 36.6 Å². The first kappa shape index (κ1) is 34.9. The number of ether oxygens (including phenoxy) is 2. The topological polar surface area (TPSA) is 163 Å². The van der Waals surface area contributed by atoms with E-state index in [4.69, 9.17) is 14.6 Å². The Hall–Kier alpha value is -2.55. The van der Waals surface area contributed by atoms with E-state index in [1.54, 1.807) is 21.9 Å². The van der Waals surface area contributed by atoms with Gasteiger partial charge >= 0.3 is 6.09 Å². The molecule has 2 fully saturated rings. The first-order chi connectivity index (χ1) is 20.5. The molecule has 4 atom stereocenters. The molecule has 2 aliphatic heterocycles. The van der Waals surface area contributed by atoms with Gasteiger partial charge in [0.15, 0.2) is 0 Å². The van der Waals surface area contributed by atoms with Gasteiger partial charge in [-0.05, 0) is 57.1 Å². The number of nitrogens with zero attached hydrogens (tertiary/aromatic N) is 3. The lowest BCUT2D eigenvalue weighted by Gasteiger charge is -2.37. The predicted octanol–water partition coefficient (Wildman–Crippen LogP) is 0.364. The molecule has 43 heavy (non-hydrogen) atoms. The summed E-state index contributed by atoms with van der Waals surface area (Å²) in [6.45, 7) is 6.30. The molecule has 0 saturated carbocycles. The minimum Gasteiger partial charge on any atom is -0.493 e. The number of amides is 2. The standard InChI is InChI=1S/C30H48FN3O9/c1-20(2)43-30(41)34-9-7-21(8-10-34)4-3-15-42-23-6-5-22(24(31)17-23)16-27(38)33-13-11-32(12-14-33)18-25(36)28(39)29(40)26(37)19-35/h5-6,17,20-21,25-26,28-29,35-37,39-40H,3-4,7-16,18-19H2,1-2H3/t25-,26+,28+,29+/m0/s1. The minimum absolute atomic E-state index is 0.0165. The molecule has 2 heterocycles. The zero-order valence-electron chi connectivity index (χ0n) is 25.2. The molecule has 2 aliphatic rings. The highest BCUT2D eigenvalue weighted by Crippen LogP contribution is 2.24. The number of aliphatic hydroxyl groups is 5. The molecule has 244 valence electrons. The van der Waals surface area contributed by atoms with Crippen molar-refractivity contribution in [3.8, 4) is 5.75 Å². The molecular formula is C30H48FN3O9. The lowest BCUT2D eigenvalue weighted by atomic mass is 9.92. The average Bonchev–Trinajstić information content (AvgIpc) is 2.99. The molecule has 0 radical (unpaired) electrons. The first-order valence-electron chi connectivity index (χ1n) is 15.2. The number of halogens is 1. The van der Waals surface area contributed by atoms with Crippen LogP contribution in [0.1, 0.15) is 45.1 Å². The van der Waals surface area contributed by atoms with Crippen LogP contribution in [0.3, 0.4) is 0 Å². The van der Waals surface area contributed by atoms with Crippen molar-refractivity contribution in [2.24, 2.45) is 5.92 Å². The maximum Gasteiger partial charge on any atom is 0.410 e. The molecule has 12 nitrogen and oxygen atoms in total. The summed E-state index contributed by atoms with van der Waals surface area (Å²) in [7, 11) is 0. The average molecular weight is 614 g/mol. The fraction of sp³-hybridized carbons (Fsp3) is 0.733. The number of piperidine rings is 1.